The molecule has 0 radical (unpaired) electrons. The van der Waals surface area contributed by atoms with Crippen LogP contribution in [0.1, 0.15) is 25.7 Å². The maximum absolute atomic E-state index is 4.32. The number of piperidine rings is 1. The SMILES string of the molecule is CN(c1ccncn1)C1CC2CCC(C1)N2. The zero-order valence-corrected chi connectivity index (χ0v) is 9.63. The highest BCUT2D eigenvalue weighted by Crippen LogP contribution is 2.30. The van der Waals surface area contributed by atoms with Crippen molar-refractivity contribution in [2.45, 2.75) is 43.8 Å². The Morgan fingerprint density at radius 3 is 2.69 bits per heavy atom. The van der Waals surface area contributed by atoms with E-state index in [1.807, 2.05) is 12.3 Å². The Balaban J connectivity index is 1.73. The minimum Gasteiger partial charge on any atom is -0.356 e. The lowest BCUT2D eigenvalue weighted by Crippen LogP contribution is -2.47. The summed E-state index contributed by atoms with van der Waals surface area (Å²) < 4.78 is 0. The zero-order valence-electron chi connectivity index (χ0n) is 9.63. The summed E-state index contributed by atoms with van der Waals surface area (Å²) in [6, 6.07) is 4.08. The van der Waals surface area contributed by atoms with Gasteiger partial charge in [0.1, 0.15) is 12.1 Å². The summed E-state index contributed by atoms with van der Waals surface area (Å²) >= 11 is 0. The van der Waals surface area contributed by atoms with Crippen LogP contribution in [0.4, 0.5) is 5.82 Å². The lowest BCUT2D eigenvalue weighted by atomic mass is 9.98. The van der Waals surface area contributed by atoms with Crippen molar-refractivity contribution in [3.63, 3.8) is 0 Å². The number of rotatable bonds is 2. The van der Waals surface area contributed by atoms with Crippen molar-refractivity contribution in [3.05, 3.63) is 18.6 Å². The first-order valence-corrected chi connectivity index (χ1v) is 6.08. The second-order valence-corrected chi connectivity index (χ2v) is 4.94. The number of aromatic nitrogens is 2. The largest absolute Gasteiger partial charge is 0.356 e. The average molecular weight is 218 g/mol. The molecule has 2 fully saturated rings. The summed E-state index contributed by atoms with van der Waals surface area (Å²) in [5.74, 6) is 1.04. The van der Waals surface area contributed by atoms with Gasteiger partial charge in [-0.3, -0.25) is 0 Å². The number of anilines is 1. The summed E-state index contributed by atoms with van der Waals surface area (Å²) in [6.45, 7) is 0. The van der Waals surface area contributed by atoms with Gasteiger partial charge < -0.3 is 10.2 Å². The lowest BCUT2D eigenvalue weighted by molar-refractivity contribution is 0.354. The Bertz CT molecular complexity index is 341. The van der Waals surface area contributed by atoms with Crippen LogP contribution in [-0.4, -0.2) is 35.1 Å². The van der Waals surface area contributed by atoms with Crippen molar-refractivity contribution in [3.8, 4) is 0 Å². The number of nitrogens with one attached hydrogen (secondary N) is 1. The smallest absolute Gasteiger partial charge is 0.131 e. The molecular weight excluding hydrogens is 200 g/mol. The molecule has 1 aromatic rings. The molecule has 0 amide bonds. The topological polar surface area (TPSA) is 41.1 Å². The van der Waals surface area contributed by atoms with E-state index >= 15 is 0 Å². The van der Waals surface area contributed by atoms with E-state index in [-0.39, 0.29) is 0 Å². The molecule has 2 aliphatic heterocycles. The third-order valence-corrected chi connectivity index (χ3v) is 3.92. The fraction of sp³-hybridized carbons (Fsp3) is 0.667. The van der Waals surface area contributed by atoms with E-state index < -0.39 is 0 Å². The van der Waals surface area contributed by atoms with E-state index in [1.54, 1.807) is 6.33 Å². The number of nitrogens with zero attached hydrogens (tertiary/aromatic N) is 3. The van der Waals surface area contributed by atoms with Crippen molar-refractivity contribution in [1.82, 2.24) is 15.3 Å². The van der Waals surface area contributed by atoms with E-state index in [9.17, 15) is 0 Å². The molecule has 2 unspecified atom stereocenters. The molecule has 0 aromatic carbocycles. The molecule has 16 heavy (non-hydrogen) atoms. The van der Waals surface area contributed by atoms with Crippen LogP contribution >= 0.6 is 0 Å². The molecule has 0 spiro atoms. The second kappa shape index (κ2) is 4.01. The summed E-state index contributed by atoms with van der Waals surface area (Å²) in [7, 11) is 2.15. The summed E-state index contributed by atoms with van der Waals surface area (Å²) in [5.41, 5.74) is 0. The maximum Gasteiger partial charge on any atom is 0.131 e. The summed E-state index contributed by atoms with van der Waals surface area (Å²) in [6.07, 6.45) is 8.63. The van der Waals surface area contributed by atoms with Crippen molar-refractivity contribution in [1.29, 1.82) is 0 Å². The second-order valence-electron chi connectivity index (χ2n) is 4.94. The molecule has 2 saturated heterocycles. The highest BCUT2D eigenvalue weighted by molar-refractivity contribution is 5.37. The van der Waals surface area contributed by atoms with Crippen LogP contribution in [-0.2, 0) is 0 Å². The van der Waals surface area contributed by atoms with Gasteiger partial charge in [0.2, 0.25) is 0 Å². The van der Waals surface area contributed by atoms with Crippen LogP contribution in [0.25, 0.3) is 0 Å². The van der Waals surface area contributed by atoms with Crippen LogP contribution in [0.2, 0.25) is 0 Å². The molecule has 0 saturated carbocycles. The van der Waals surface area contributed by atoms with Crippen LogP contribution < -0.4 is 10.2 Å². The van der Waals surface area contributed by atoms with Crippen LogP contribution in [0.5, 0.6) is 0 Å². The van der Waals surface area contributed by atoms with Crippen molar-refractivity contribution >= 4 is 5.82 Å². The highest BCUT2D eigenvalue weighted by Gasteiger charge is 2.35. The van der Waals surface area contributed by atoms with Crippen molar-refractivity contribution in [2.24, 2.45) is 0 Å². The van der Waals surface area contributed by atoms with Gasteiger partial charge >= 0.3 is 0 Å². The van der Waals surface area contributed by atoms with Gasteiger partial charge in [0.05, 0.1) is 0 Å². The standard InChI is InChI=1S/C12H18N4/c1-16(12-4-5-13-8-14-12)11-6-9-2-3-10(7-11)15-9/h4-5,8-11,15H,2-3,6-7H2,1H3. The Morgan fingerprint density at radius 1 is 1.31 bits per heavy atom. The Kier molecular flexibility index (Phi) is 2.52. The fourth-order valence-corrected chi connectivity index (χ4v) is 3.02. The van der Waals surface area contributed by atoms with Gasteiger partial charge in [-0.05, 0) is 31.7 Å². The first-order chi connectivity index (χ1) is 7.83. The van der Waals surface area contributed by atoms with Crippen molar-refractivity contribution in [2.75, 3.05) is 11.9 Å². The Labute approximate surface area is 96.1 Å². The van der Waals surface area contributed by atoms with Gasteiger partial charge in [0.15, 0.2) is 0 Å². The monoisotopic (exact) mass is 218 g/mol. The van der Waals surface area contributed by atoms with Crippen molar-refractivity contribution < 1.29 is 0 Å². The number of fused-ring (bicyclic) bond motifs is 2. The third-order valence-electron chi connectivity index (χ3n) is 3.92. The summed E-state index contributed by atoms with van der Waals surface area (Å²) in [4.78, 5) is 10.6. The predicted molar refractivity (Wildman–Crippen MR) is 63.4 cm³/mol. The lowest BCUT2D eigenvalue weighted by Gasteiger charge is -2.36. The van der Waals surface area contributed by atoms with Gasteiger partial charge in [-0.25, -0.2) is 9.97 Å². The molecule has 4 heteroatoms. The van der Waals surface area contributed by atoms with E-state index in [0.29, 0.717) is 6.04 Å². The molecule has 0 aliphatic carbocycles. The van der Waals surface area contributed by atoms with Gasteiger partial charge in [0.25, 0.3) is 0 Å². The number of hydrogen-bond acceptors (Lipinski definition) is 4. The third kappa shape index (κ3) is 1.78. The Morgan fingerprint density at radius 2 is 2.06 bits per heavy atom. The molecule has 4 nitrogen and oxygen atoms in total. The molecule has 2 aliphatic rings. The molecule has 3 rings (SSSR count). The first-order valence-electron chi connectivity index (χ1n) is 6.08. The van der Waals surface area contributed by atoms with Gasteiger partial charge in [0, 0.05) is 31.4 Å². The van der Waals surface area contributed by atoms with Gasteiger partial charge in [-0.2, -0.15) is 0 Å². The zero-order chi connectivity index (χ0) is 11.0. The molecular formula is C12H18N4. The summed E-state index contributed by atoms with van der Waals surface area (Å²) in [5, 5.41) is 3.67. The minimum absolute atomic E-state index is 0.633. The Hall–Kier alpha value is -1.16. The maximum atomic E-state index is 4.32. The number of hydrogen-bond donors (Lipinski definition) is 1. The normalized spacial score (nSPS) is 32.7. The van der Waals surface area contributed by atoms with E-state index in [4.69, 9.17) is 0 Å². The molecule has 1 N–H and O–H groups in total. The predicted octanol–water partition coefficient (Wildman–Crippen LogP) is 1.20. The first kappa shape index (κ1) is 10.0. The average Bonchev–Trinajstić information content (AvgIpc) is 2.68. The quantitative estimate of drug-likeness (QED) is 0.809. The van der Waals surface area contributed by atoms with Crippen LogP contribution in [0, 0.1) is 0 Å². The minimum atomic E-state index is 0.633. The molecule has 2 bridgehead atoms. The molecule has 2 atom stereocenters. The fourth-order valence-electron chi connectivity index (χ4n) is 3.02. The van der Waals surface area contributed by atoms with E-state index in [1.165, 1.54) is 25.7 Å². The van der Waals surface area contributed by atoms with Crippen LogP contribution in [0.15, 0.2) is 18.6 Å². The highest BCUT2D eigenvalue weighted by atomic mass is 15.2. The van der Waals surface area contributed by atoms with Gasteiger partial charge in [-0.1, -0.05) is 0 Å². The van der Waals surface area contributed by atoms with E-state index in [2.05, 4.69) is 27.2 Å². The molecule has 86 valence electrons. The molecule has 3 heterocycles. The molecule has 1 aromatic heterocycles. The van der Waals surface area contributed by atoms with Crippen LogP contribution in [0.3, 0.4) is 0 Å². The van der Waals surface area contributed by atoms with Gasteiger partial charge in [-0.15, -0.1) is 0 Å². The van der Waals surface area contributed by atoms with E-state index in [0.717, 1.165) is 17.9 Å².